The van der Waals surface area contributed by atoms with E-state index in [0.29, 0.717) is 6.42 Å². The number of hydrogen-bond acceptors (Lipinski definition) is 4. The van der Waals surface area contributed by atoms with E-state index in [4.69, 9.17) is 4.74 Å². The van der Waals surface area contributed by atoms with Crippen LogP contribution in [0.25, 0.3) is 11.1 Å². The first-order chi connectivity index (χ1) is 17.8. The van der Waals surface area contributed by atoms with Gasteiger partial charge in [-0.2, -0.15) is 0 Å². The molecule has 0 saturated heterocycles. The number of rotatable bonds is 10. The monoisotopic (exact) mass is 500 g/mol. The van der Waals surface area contributed by atoms with Crippen molar-refractivity contribution in [1.29, 1.82) is 0 Å². The molecule has 0 aromatic heterocycles. The summed E-state index contributed by atoms with van der Waals surface area (Å²) < 4.78 is 5.64. The van der Waals surface area contributed by atoms with Gasteiger partial charge in [-0.3, -0.25) is 9.59 Å². The van der Waals surface area contributed by atoms with Crippen molar-refractivity contribution in [2.24, 2.45) is 5.92 Å². The summed E-state index contributed by atoms with van der Waals surface area (Å²) in [7, 11) is 0. The Morgan fingerprint density at radius 2 is 1.46 bits per heavy atom. The lowest BCUT2D eigenvalue weighted by Crippen LogP contribution is -2.50. The molecule has 2 amide bonds. The smallest absolute Gasteiger partial charge is 0.407 e. The van der Waals surface area contributed by atoms with Crippen molar-refractivity contribution in [3.63, 3.8) is 0 Å². The quantitative estimate of drug-likeness (QED) is 0.406. The van der Waals surface area contributed by atoms with E-state index in [1.54, 1.807) is 0 Å². The largest absolute Gasteiger partial charge is 0.480 e. The minimum absolute atomic E-state index is 0.0891. The van der Waals surface area contributed by atoms with E-state index < -0.39 is 30.6 Å². The predicted molar refractivity (Wildman–Crippen MR) is 141 cm³/mol. The van der Waals surface area contributed by atoms with E-state index in [-0.39, 0.29) is 25.0 Å². The van der Waals surface area contributed by atoms with E-state index in [9.17, 15) is 19.5 Å². The first-order valence-electron chi connectivity index (χ1n) is 12.5. The summed E-state index contributed by atoms with van der Waals surface area (Å²) in [5.74, 6) is -1.58. The van der Waals surface area contributed by atoms with Crippen LogP contribution >= 0.6 is 0 Å². The summed E-state index contributed by atoms with van der Waals surface area (Å²) in [6.45, 7) is 3.68. The second-order valence-electron chi connectivity index (χ2n) is 9.73. The molecule has 0 spiro atoms. The third-order valence-electron chi connectivity index (χ3n) is 6.50. The van der Waals surface area contributed by atoms with Gasteiger partial charge in [0.1, 0.15) is 19.2 Å². The molecular formula is C30H32N2O5. The highest BCUT2D eigenvalue weighted by Gasteiger charge is 2.31. The third-order valence-corrected chi connectivity index (χ3v) is 6.50. The Morgan fingerprint density at radius 3 is 2.03 bits per heavy atom. The lowest BCUT2D eigenvalue weighted by Gasteiger charge is -2.28. The second-order valence-corrected chi connectivity index (χ2v) is 9.73. The maximum atomic E-state index is 13.4. The molecule has 4 rings (SSSR count). The predicted octanol–water partition coefficient (Wildman–Crippen LogP) is 5.05. The number of carbonyl (C=O) groups is 3. The molecule has 37 heavy (non-hydrogen) atoms. The Morgan fingerprint density at radius 1 is 0.892 bits per heavy atom. The zero-order valence-electron chi connectivity index (χ0n) is 21.1. The Bertz CT molecular complexity index is 1210. The molecule has 0 aliphatic heterocycles. The topological polar surface area (TPSA) is 95.9 Å². The Labute approximate surface area is 217 Å². The Balaban J connectivity index is 1.46. The molecule has 0 heterocycles. The van der Waals surface area contributed by atoms with Crippen molar-refractivity contribution in [3.8, 4) is 11.1 Å². The van der Waals surface area contributed by atoms with Crippen molar-refractivity contribution in [3.05, 3.63) is 95.6 Å². The van der Waals surface area contributed by atoms with Crippen LogP contribution in [0, 0.1) is 5.92 Å². The van der Waals surface area contributed by atoms with Crippen LogP contribution in [-0.2, 0) is 20.9 Å². The molecule has 1 aliphatic rings. The fourth-order valence-electron chi connectivity index (χ4n) is 4.87. The molecule has 3 aromatic rings. The number of aliphatic carboxylic acids is 1. The molecule has 1 atom stereocenters. The maximum absolute atomic E-state index is 13.4. The molecule has 192 valence electrons. The molecule has 3 aromatic carbocycles. The SMILES string of the molecule is CC(C)CC(NC(=O)OCC1c2ccccc2-c2ccccc21)C(=O)N(CC(=O)O)Cc1ccccc1. The van der Waals surface area contributed by atoms with E-state index in [1.807, 2.05) is 80.6 Å². The van der Waals surface area contributed by atoms with Gasteiger partial charge in [0.05, 0.1) is 0 Å². The summed E-state index contributed by atoms with van der Waals surface area (Å²) in [5, 5.41) is 12.1. The fraction of sp³-hybridized carbons (Fsp3) is 0.300. The van der Waals surface area contributed by atoms with Crippen LogP contribution in [0.3, 0.4) is 0 Å². The van der Waals surface area contributed by atoms with Crippen molar-refractivity contribution < 1.29 is 24.2 Å². The van der Waals surface area contributed by atoms with Crippen LogP contribution in [0.2, 0.25) is 0 Å². The van der Waals surface area contributed by atoms with Crippen molar-refractivity contribution >= 4 is 18.0 Å². The number of amides is 2. The number of benzene rings is 3. The Hall–Kier alpha value is -4.13. The average Bonchev–Trinajstić information content (AvgIpc) is 3.20. The average molecular weight is 501 g/mol. The summed E-state index contributed by atoms with van der Waals surface area (Å²) in [4.78, 5) is 39.1. The van der Waals surface area contributed by atoms with Crippen molar-refractivity contribution in [2.75, 3.05) is 13.2 Å². The number of alkyl carbamates (subject to hydrolysis) is 1. The molecule has 0 radical (unpaired) electrons. The molecule has 7 heteroatoms. The molecule has 1 unspecified atom stereocenters. The second kappa shape index (κ2) is 11.7. The van der Waals surface area contributed by atoms with Crippen LogP contribution in [0.5, 0.6) is 0 Å². The highest BCUT2D eigenvalue weighted by atomic mass is 16.5. The third kappa shape index (κ3) is 6.36. The fourth-order valence-corrected chi connectivity index (χ4v) is 4.87. The highest BCUT2D eigenvalue weighted by Crippen LogP contribution is 2.44. The normalized spacial score (nSPS) is 12.9. The molecule has 0 bridgehead atoms. The standard InChI is InChI=1S/C30H32N2O5/c1-20(2)16-27(29(35)32(18-28(33)34)17-21-10-4-3-5-11-21)31-30(36)37-19-26-24-14-8-6-12-22(24)23-13-7-9-15-25(23)26/h3-15,20,26-27H,16-19H2,1-2H3,(H,31,36)(H,33,34). The van der Waals surface area contributed by atoms with Crippen LogP contribution in [0.15, 0.2) is 78.9 Å². The summed E-state index contributed by atoms with van der Waals surface area (Å²) >= 11 is 0. The first-order valence-corrected chi connectivity index (χ1v) is 12.5. The molecular weight excluding hydrogens is 468 g/mol. The van der Waals surface area contributed by atoms with Crippen LogP contribution in [0.1, 0.15) is 42.9 Å². The van der Waals surface area contributed by atoms with E-state index in [1.165, 1.54) is 4.90 Å². The van der Waals surface area contributed by atoms with Crippen LogP contribution in [0.4, 0.5) is 4.79 Å². The number of nitrogens with zero attached hydrogens (tertiary/aromatic N) is 1. The van der Waals surface area contributed by atoms with Gasteiger partial charge in [-0.05, 0) is 40.2 Å². The minimum atomic E-state index is -1.12. The van der Waals surface area contributed by atoms with Gasteiger partial charge >= 0.3 is 12.1 Å². The van der Waals surface area contributed by atoms with Gasteiger partial charge in [-0.25, -0.2) is 4.79 Å². The molecule has 1 aliphatic carbocycles. The van der Waals surface area contributed by atoms with Gasteiger partial charge in [0.15, 0.2) is 0 Å². The Kier molecular flexibility index (Phi) is 8.23. The first kappa shape index (κ1) is 25.9. The molecule has 0 fully saturated rings. The van der Waals surface area contributed by atoms with Gasteiger partial charge < -0.3 is 20.1 Å². The number of nitrogens with one attached hydrogen (secondary N) is 1. The molecule has 7 nitrogen and oxygen atoms in total. The van der Waals surface area contributed by atoms with E-state index in [2.05, 4.69) is 17.4 Å². The number of hydrogen-bond donors (Lipinski definition) is 2. The number of ether oxygens (including phenoxy) is 1. The summed E-state index contributed by atoms with van der Waals surface area (Å²) in [6.07, 6.45) is -0.343. The number of carbonyl (C=O) groups excluding carboxylic acids is 2. The van der Waals surface area contributed by atoms with Crippen molar-refractivity contribution in [2.45, 2.75) is 38.8 Å². The molecule has 0 saturated carbocycles. The highest BCUT2D eigenvalue weighted by molar-refractivity contribution is 5.88. The number of fused-ring (bicyclic) bond motifs is 3. The summed E-state index contributed by atoms with van der Waals surface area (Å²) in [5.41, 5.74) is 5.26. The number of carboxylic acid groups (broad SMARTS) is 1. The van der Waals surface area contributed by atoms with E-state index in [0.717, 1.165) is 27.8 Å². The lowest BCUT2D eigenvalue weighted by atomic mass is 9.98. The number of carboxylic acids is 1. The van der Waals surface area contributed by atoms with Gasteiger partial charge in [-0.1, -0.05) is 92.7 Å². The van der Waals surface area contributed by atoms with E-state index >= 15 is 0 Å². The van der Waals surface area contributed by atoms with Crippen LogP contribution in [-0.4, -0.2) is 47.2 Å². The van der Waals surface area contributed by atoms with Crippen LogP contribution < -0.4 is 5.32 Å². The lowest BCUT2D eigenvalue weighted by molar-refractivity contribution is -0.145. The van der Waals surface area contributed by atoms with Crippen molar-refractivity contribution in [1.82, 2.24) is 10.2 Å². The van der Waals surface area contributed by atoms with Gasteiger partial charge in [0, 0.05) is 12.5 Å². The zero-order chi connectivity index (χ0) is 26.4. The zero-order valence-corrected chi connectivity index (χ0v) is 21.1. The van der Waals surface area contributed by atoms with Gasteiger partial charge in [-0.15, -0.1) is 0 Å². The minimum Gasteiger partial charge on any atom is -0.480 e. The summed E-state index contributed by atoms with van der Waals surface area (Å²) in [6, 6.07) is 24.4. The van der Waals surface area contributed by atoms with Gasteiger partial charge in [0.2, 0.25) is 5.91 Å². The maximum Gasteiger partial charge on any atom is 0.407 e. The van der Waals surface area contributed by atoms with Gasteiger partial charge in [0.25, 0.3) is 0 Å². The molecule has 2 N–H and O–H groups in total.